The first-order chi connectivity index (χ1) is 42.6. The number of amides is 9. The van der Waals surface area contributed by atoms with E-state index >= 15 is 4.79 Å². The number of halogens is 1. The van der Waals surface area contributed by atoms with Crippen molar-refractivity contribution in [2.45, 2.75) is 144 Å². The maximum absolute atomic E-state index is 15.2. The van der Waals surface area contributed by atoms with Gasteiger partial charge in [-0.15, -0.1) is 0 Å². The van der Waals surface area contributed by atoms with Crippen molar-refractivity contribution < 1.29 is 62.5 Å². The summed E-state index contributed by atoms with van der Waals surface area (Å²) in [5, 5.41) is 42.3. The molecule has 5 aromatic rings. The Bertz CT molecular complexity index is 3360. The van der Waals surface area contributed by atoms with Crippen molar-refractivity contribution in [1.29, 1.82) is 0 Å². The molecule has 4 heterocycles. The molecule has 9 amide bonds. The van der Waals surface area contributed by atoms with E-state index in [1.54, 1.807) is 85.0 Å². The van der Waals surface area contributed by atoms with Gasteiger partial charge in [0, 0.05) is 85.4 Å². The second kappa shape index (κ2) is 31.0. The van der Waals surface area contributed by atoms with Crippen LogP contribution in [0.15, 0.2) is 103 Å². The molecule has 10 atom stereocenters. The summed E-state index contributed by atoms with van der Waals surface area (Å²) in [6.45, 7) is 6.06. The van der Waals surface area contributed by atoms with Gasteiger partial charge in [0.25, 0.3) is 0 Å². The number of nitrogens with one attached hydrogen (secondary N) is 8. The van der Waals surface area contributed by atoms with E-state index in [-0.39, 0.29) is 57.0 Å². The zero-order valence-electron chi connectivity index (χ0n) is 50.5. The molecule has 0 saturated carbocycles. The van der Waals surface area contributed by atoms with Gasteiger partial charge in [-0.1, -0.05) is 66.7 Å². The van der Waals surface area contributed by atoms with Gasteiger partial charge < -0.3 is 67.0 Å². The van der Waals surface area contributed by atoms with Gasteiger partial charge in [-0.2, -0.15) is 23.5 Å². The van der Waals surface area contributed by atoms with Crippen LogP contribution >= 0.6 is 23.5 Å². The second-order valence-corrected chi connectivity index (χ2v) is 25.2. The zero-order valence-corrected chi connectivity index (χ0v) is 52.1. The van der Waals surface area contributed by atoms with E-state index in [1.165, 1.54) is 57.2 Å². The molecule has 89 heavy (non-hydrogen) atoms. The number of fused-ring (bicyclic) bond motifs is 5. The number of aromatic amines is 1. The molecule has 10 N–H and O–H groups in total. The molecule has 3 aliphatic heterocycles. The Labute approximate surface area is 524 Å². The van der Waals surface area contributed by atoms with Crippen LogP contribution in [-0.4, -0.2) is 176 Å². The number of aliphatic hydroxyl groups is 2. The van der Waals surface area contributed by atoms with Crippen LogP contribution in [0.4, 0.5) is 4.39 Å². The van der Waals surface area contributed by atoms with Gasteiger partial charge in [0.2, 0.25) is 53.2 Å². The number of carbonyl (C=O) groups is 9. The van der Waals surface area contributed by atoms with E-state index < -0.39 is 107 Å². The number of aromatic nitrogens is 1. The van der Waals surface area contributed by atoms with E-state index in [4.69, 9.17) is 4.74 Å². The van der Waals surface area contributed by atoms with Gasteiger partial charge in [0.15, 0.2) is 0 Å². The van der Waals surface area contributed by atoms with Crippen molar-refractivity contribution >= 4 is 87.6 Å². The first-order valence-corrected chi connectivity index (χ1v) is 32.2. The molecule has 0 unspecified atom stereocenters. The van der Waals surface area contributed by atoms with Crippen LogP contribution in [0, 0.1) is 5.82 Å². The lowest BCUT2D eigenvalue weighted by Gasteiger charge is -2.37. The van der Waals surface area contributed by atoms with Crippen molar-refractivity contribution in [3.63, 3.8) is 0 Å². The van der Waals surface area contributed by atoms with E-state index in [0.717, 1.165) is 16.0 Å². The smallest absolute Gasteiger partial charge is 0.246 e. The molecule has 8 rings (SSSR count). The highest BCUT2D eigenvalue weighted by Gasteiger charge is 2.49. The van der Waals surface area contributed by atoms with Crippen LogP contribution in [0.3, 0.4) is 0 Å². The number of rotatable bonds is 8. The molecule has 25 heteroatoms. The zero-order chi connectivity index (χ0) is 63.9. The third-order valence-electron chi connectivity index (χ3n) is 16.3. The summed E-state index contributed by atoms with van der Waals surface area (Å²) in [5.74, 6) is -4.37. The average molecular weight is 1260 g/mol. The van der Waals surface area contributed by atoms with Gasteiger partial charge in [0.05, 0.1) is 19.3 Å². The highest BCUT2D eigenvalue weighted by molar-refractivity contribution is 7.98. The van der Waals surface area contributed by atoms with Gasteiger partial charge in [-0.3, -0.25) is 43.2 Å². The van der Waals surface area contributed by atoms with Crippen molar-refractivity contribution in [2.75, 3.05) is 38.2 Å². The number of aliphatic hydroxyl groups excluding tert-OH is 2. The molecule has 22 nitrogen and oxygen atoms in total. The standard InChI is InChI=1S/C64H79FN10O12S2/c1-37-56(79)69-38(2)57(80)70-49(30-40-11-7-6-8-12-40)58(81)71-51(32-44-34-67-48-20-17-45(65)33-47(44)48)61(84)74-26-21-52(77)55(74)60(83)73-54(39(3)76)59(82)72-50(31-41-15-18-46(87-5)19-16-41)62(85)75-25-10-23-64(75,4)63(86)66-24-28-89-36-43-14-9-13-42(29-43)35-88-27-22-53(78)68-37/h6-9,11-20,29,33-34,37-39,49-52,54-55,67,76-77H,10,21-28,30-32,35-36H2,1-5H3,(H,66,86)(H,68,78)(H,69,79)(H,70,80)(H,71,81)(H,72,82)(H,73,83)/t37-,38+,39+,49-,50-,51-,52-,54-,55-,64-/m0/s1. The molecule has 0 aliphatic carbocycles. The lowest BCUT2D eigenvalue weighted by Crippen LogP contribution is -2.64. The fourth-order valence-electron chi connectivity index (χ4n) is 11.3. The molecule has 4 aromatic carbocycles. The fraction of sp³-hybridized carbons (Fsp3) is 0.453. The quantitative estimate of drug-likeness (QED) is 0.107. The largest absolute Gasteiger partial charge is 0.497 e. The molecule has 2 fully saturated rings. The Balaban J connectivity index is 1.09. The maximum atomic E-state index is 15.2. The molecule has 3 aliphatic rings. The Kier molecular flexibility index (Phi) is 23.3. The summed E-state index contributed by atoms with van der Waals surface area (Å²) in [6, 6.07) is 17.4. The Morgan fingerprint density at radius 1 is 0.685 bits per heavy atom. The molecule has 1 aromatic heterocycles. The number of hydrogen-bond donors (Lipinski definition) is 10. The minimum Gasteiger partial charge on any atom is -0.497 e. The number of H-pyrrole nitrogens is 1. The average Bonchev–Trinajstić information content (AvgIpc) is 1.94. The van der Waals surface area contributed by atoms with E-state index in [9.17, 15) is 53.0 Å². The van der Waals surface area contributed by atoms with Gasteiger partial charge in [0.1, 0.15) is 59.4 Å². The fourth-order valence-corrected chi connectivity index (χ4v) is 13.0. The molecule has 2 saturated heterocycles. The number of thioether (sulfide) groups is 2. The Hall–Kier alpha value is -8.00. The van der Waals surface area contributed by atoms with Crippen molar-refractivity contribution in [3.05, 3.63) is 137 Å². The van der Waals surface area contributed by atoms with Crippen molar-refractivity contribution in [2.24, 2.45) is 0 Å². The van der Waals surface area contributed by atoms with E-state index in [0.29, 0.717) is 75.7 Å². The minimum atomic E-state index is -1.78. The second-order valence-electron chi connectivity index (χ2n) is 23.0. The van der Waals surface area contributed by atoms with E-state index in [1.807, 2.05) is 18.2 Å². The summed E-state index contributed by atoms with van der Waals surface area (Å²) >= 11 is 3.16. The highest BCUT2D eigenvalue weighted by atomic mass is 32.2. The number of carbonyl (C=O) groups excluding carboxylic acids is 9. The van der Waals surface area contributed by atoms with Crippen molar-refractivity contribution in [1.82, 2.24) is 52.0 Å². The first-order valence-electron chi connectivity index (χ1n) is 29.9. The summed E-state index contributed by atoms with van der Waals surface area (Å²) < 4.78 is 20.2. The third-order valence-corrected chi connectivity index (χ3v) is 18.4. The normalized spacial score (nSPS) is 26.1. The van der Waals surface area contributed by atoms with Gasteiger partial charge >= 0.3 is 0 Å². The number of benzene rings is 4. The first kappa shape index (κ1) is 66.9. The summed E-state index contributed by atoms with van der Waals surface area (Å²) in [7, 11) is 1.50. The predicted octanol–water partition coefficient (Wildman–Crippen LogP) is 2.70. The molecule has 476 valence electrons. The number of nitrogens with zero attached hydrogens (tertiary/aromatic N) is 2. The monoisotopic (exact) mass is 1260 g/mol. The third kappa shape index (κ3) is 17.5. The summed E-state index contributed by atoms with van der Waals surface area (Å²) in [4.78, 5) is 135. The number of hydrogen-bond acceptors (Lipinski definition) is 14. The lowest BCUT2D eigenvalue weighted by molar-refractivity contribution is -0.147. The van der Waals surface area contributed by atoms with Crippen LogP contribution in [0.2, 0.25) is 0 Å². The summed E-state index contributed by atoms with van der Waals surface area (Å²) in [5.41, 5.74) is 2.88. The lowest BCUT2D eigenvalue weighted by atomic mass is 9.95. The van der Waals surface area contributed by atoms with Crippen LogP contribution < -0.4 is 42.0 Å². The van der Waals surface area contributed by atoms with Crippen molar-refractivity contribution in [3.8, 4) is 5.75 Å². The topological polar surface area (TPSA) is 310 Å². The minimum absolute atomic E-state index is 0.0819. The molecule has 0 radical (unpaired) electrons. The van der Waals surface area contributed by atoms with Crippen LogP contribution in [0.5, 0.6) is 5.75 Å². The number of ether oxygens (including phenoxy) is 1. The number of methoxy groups -OCH3 is 1. The Morgan fingerprint density at radius 3 is 2.03 bits per heavy atom. The highest BCUT2D eigenvalue weighted by Crippen LogP contribution is 2.31. The SMILES string of the molecule is COc1ccc(C[C@@H]2NC(=O)[C@H]([C@@H](C)O)NC(=O)[C@@H]3[C@@H](O)CCN3C(=O)[C@H](Cc3c[nH]c4ccc(F)cc34)NC(=O)[C@H](Cc3ccccc3)NC(=O)[C@@H](C)NC(=O)[C@H](C)NC(=O)CCSCc3cccc(c3)CSCCNC(=O)[C@]3(C)CCCN3C2=O)cc1. The van der Waals surface area contributed by atoms with Crippen LogP contribution in [-0.2, 0) is 73.9 Å². The molecule has 0 spiro atoms. The van der Waals surface area contributed by atoms with Gasteiger partial charge in [-0.05, 0) is 105 Å². The molecular weight excluding hydrogens is 1180 g/mol. The maximum Gasteiger partial charge on any atom is 0.246 e. The van der Waals surface area contributed by atoms with Crippen LogP contribution in [0.1, 0.15) is 81.2 Å². The van der Waals surface area contributed by atoms with Crippen LogP contribution in [0.25, 0.3) is 10.9 Å². The van der Waals surface area contributed by atoms with E-state index in [2.05, 4.69) is 48.3 Å². The predicted molar refractivity (Wildman–Crippen MR) is 335 cm³/mol. The summed E-state index contributed by atoms with van der Waals surface area (Å²) in [6.07, 6.45) is -1.33. The Morgan fingerprint density at radius 2 is 1.33 bits per heavy atom. The van der Waals surface area contributed by atoms with Gasteiger partial charge in [-0.25, -0.2) is 4.39 Å². The molecule has 2 bridgehead atoms. The molecular formula is C64H79FN10O12S2.